The van der Waals surface area contributed by atoms with Gasteiger partial charge in [0.2, 0.25) is 0 Å². The minimum Gasteiger partial charge on any atom is -0.488 e. The highest BCUT2D eigenvalue weighted by molar-refractivity contribution is 6.06. The van der Waals surface area contributed by atoms with Crippen molar-refractivity contribution in [2.45, 2.75) is 45.8 Å². The van der Waals surface area contributed by atoms with E-state index in [0.717, 1.165) is 53.2 Å². The summed E-state index contributed by atoms with van der Waals surface area (Å²) in [4.78, 5) is 13.6. The third-order valence-electron chi connectivity index (χ3n) is 6.75. The molecule has 38 heavy (non-hydrogen) atoms. The molecule has 0 saturated carbocycles. The van der Waals surface area contributed by atoms with Gasteiger partial charge in [-0.05, 0) is 65.3 Å². The number of nitrogens with one attached hydrogen (secondary N) is 2. The van der Waals surface area contributed by atoms with Crippen LogP contribution in [0.5, 0.6) is 11.5 Å². The van der Waals surface area contributed by atoms with Crippen molar-refractivity contribution < 1.29 is 14.3 Å². The van der Waals surface area contributed by atoms with Crippen molar-refractivity contribution in [3.05, 3.63) is 119 Å². The van der Waals surface area contributed by atoms with Gasteiger partial charge < -0.3 is 20.1 Å². The maximum absolute atomic E-state index is 13.6. The molecule has 1 amide bonds. The van der Waals surface area contributed by atoms with Crippen LogP contribution in [0.25, 0.3) is 0 Å². The summed E-state index contributed by atoms with van der Waals surface area (Å²) < 4.78 is 12.5. The molecular weight excluding hydrogens is 472 g/mol. The van der Waals surface area contributed by atoms with E-state index in [1.807, 2.05) is 84.9 Å². The summed E-state index contributed by atoms with van der Waals surface area (Å²) in [5.74, 6) is 1.18. The Hall–Kier alpha value is -4.25. The van der Waals surface area contributed by atoms with Gasteiger partial charge in [-0.2, -0.15) is 0 Å². The predicted molar refractivity (Wildman–Crippen MR) is 153 cm³/mol. The molecule has 0 bridgehead atoms. The normalized spacial score (nSPS) is 12.4. The van der Waals surface area contributed by atoms with Crippen LogP contribution in [0.4, 0.5) is 11.4 Å². The van der Waals surface area contributed by atoms with Gasteiger partial charge in [0.1, 0.15) is 24.7 Å². The van der Waals surface area contributed by atoms with E-state index in [1.165, 1.54) is 5.56 Å². The Kier molecular flexibility index (Phi) is 7.93. The molecule has 5 heteroatoms. The number of amides is 1. The van der Waals surface area contributed by atoms with Crippen LogP contribution in [0, 0.1) is 0 Å². The fourth-order valence-corrected chi connectivity index (χ4v) is 4.67. The smallest absolute Gasteiger partial charge is 0.259 e. The molecule has 0 fully saturated rings. The molecule has 4 aromatic rings. The Morgan fingerprint density at radius 2 is 1.50 bits per heavy atom. The molecule has 1 aliphatic rings. The number of anilines is 2. The van der Waals surface area contributed by atoms with Gasteiger partial charge in [-0.25, -0.2) is 0 Å². The van der Waals surface area contributed by atoms with Crippen LogP contribution in [0.3, 0.4) is 0 Å². The van der Waals surface area contributed by atoms with Crippen LogP contribution in [-0.2, 0) is 19.6 Å². The average molecular weight is 507 g/mol. The second-order valence-electron chi connectivity index (χ2n) is 9.95. The van der Waals surface area contributed by atoms with E-state index in [-0.39, 0.29) is 11.8 Å². The number of aryl methyl sites for hydroxylation is 1. The average Bonchev–Trinajstić information content (AvgIpc) is 2.95. The van der Waals surface area contributed by atoms with Crippen LogP contribution in [0.2, 0.25) is 0 Å². The lowest BCUT2D eigenvalue weighted by atomic mass is 9.98. The predicted octanol–water partition coefficient (Wildman–Crippen LogP) is 7.58. The largest absolute Gasteiger partial charge is 0.488 e. The standard InChI is InChI=1S/C33H34N2O3/c1-23(2)28-19-29(33(36)35-27-15-16-30-26(18-27)14-9-17-34-30)32(38-22-25-12-7-4-8-13-25)20-31(28)37-21-24-10-5-3-6-11-24/h3-8,10-13,15-16,18-20,23,34H,9,14,17,21-22H2,1-2H3,(H,35,36). The topological polar surface area (TPSA) is 59.6 Å². The van der Waals surface area contributed by atoms with Crippen molar-refractivity contribution in [3.8, 4) is 11.5 Å². The minimum atomic E-state index is -0.201. The van der Waals surface area contributed by atoms with Gasteiger partial charge >= 0.3 is 0 Å². The van der Waals surface area contributed by atoms with Gasteiger partial charge in [-0.1, -0.05) is 74.5 Å². The van der Waals surface area contributed by atoms with Crippen LogP contribution in [0.15, 0.2) is 91.0 Å². The molecule has 5 rings (SSSR count). The molecule has 5 nitrogen and oxygen atoms in total. The highest BCUT2D eigenvalue weighted by atomic mass is 16.5. The lowest BCUT2D eigenvalue weighted by molar-refractivity contribution is 0.102. The zero-order valence-corrected chi connectivity index (χ0v) is 22.0. The molecule has 1 aliphatic heterocycles. The molecule has 0 aliphatic carbocycles. The first kappa shape index (κ1) is 25.4. The summed E-state index contributed by atoms with van der Waals surface area (Å²) in [5, 5.41) is 6.52. The second kappa shape index (κ2) is 11.9. The van der Waals surface area contributed by atoms with Crippen LogP contribution in [-0.4, -0.2) is 12.5 Å². The van der Waals surface area contributed by atoms with E-state index in [4.69, 9.17) is 9.47 Å². The zero-order chi connectivity index (χ0) is 26.3. The summed E-state index contributed by atoms with van der Waals surface area (Å²) in [6, 6.07) is 29.9. The number of carbonyl (C=O) groups excluding carboxylic acids is 1. The SMILES string of the molecule is CC(C)c1cc(C(=O)Nc2ccc3c(c2)CCCN3)c(OCc2ccccc2)cc1OCc1ccccc1. The van der Waals surface area contributed by atoms with E-state index in [2.05, 4.69) is 30.5 Å². The van der Waals surface area contributed by atoms with E-state index in [9.17, 15) is 4.79 Å². The first-order chi connectivity index (χ1) is 18.6. The molecule has 1 heterocycles. The molecule has 0 spiro atoms. The maximum Gasteiger partial charge on any atom is 0.259 e. The van der Waals surface area contributed by atoms with Gasteiger partial charge in [-0.3, -0.25) is 4.79 Å². The second-order valence-corrected chi connectivity index (χ2v) is 9.95. The van der Waals surface area contributed by atoms with Gasteiger partial charge in [0.15, 0.2) is 0 Å². The Labute approximate surface area is 224 Å². The first-order valence-electron chi connectivity index (χ1n) is 13.3. The number of fused-ring (bicyclic) bond motifs is 1. The Bertz CT molecular complexity index is 1380. The van der Waals surface area contributed by atoms with Gasteiger partial charge in [0.25, 0.3) is 5.91 Å². The number of ether oxygens (including phenoxy) is 2. The van der Waals surface area contributed by atoms with E-state index in [1.54, 1.807) is 0 Å². The molecular formula is C33H34N2O3. The van der Waals surface area contributed by atoms with Crippen molar-refractivity contribution in [2.75, 3.05) is 17.2 Å². The molecule has 4 aromatic carbocycles. The lowest BCUT2D eigenvalue weighted by Gasteiger charge is -2.20. The van der Waals surface area contributed by atoms with Gasteiger partial charge in [0.05, 0.1) is 5.56 Å². The molecule has 0 atom stereocenters. The Morgan fingerprint density at radius 3 is 2.16 bits per heavy atom. The summed E-state index contributed by atoms with van der Waals surface area (Å²) in [7, 11) is 0. The third kappa shape index (κ3) is 6.17. The first-order valence-corrected chi connectivity index (χ1v) is 13.3. The number of rotatable bonds is 9. The van der Waals surface area contributed by atoms with Crippen LogP contribution < -0.4 is 20.1 Å². The van der Waals surface area contributed by atoms with Crippen molar-refractivity contribution in [2.24, 2.45) is 0 Å². The highest BCUT2D eigenvalue weighted by Crippen LogP contribution is 2.36. The number of hydrogen-bond acceptors (Lipinski definition) is 4. The zero-order valence-electron chi connectivity index (χ0n) is 22.0. The summed E-state index contributed by atoms with van der Waals surface area (Å²) >= 11 is 0. The van der Waals surface area contributed by atoms with E-state index in [0.29, 0.717) is 24.5 Å². The number of carbonyl (C=O) groups is 1. The Balaban J connectivity index is 1.45. The van der Waals surface area contributed by atoms with Crippen molar-refractivity contribution in [1.82, 2.24) is 0 Å². The quantitative estimate of drug-likeness (QED) is 0.246. The summed E-state index contributed by atoms with van der Waals surface area (Å²) in [5.41, 5.74) is 6.71. The third-order valence-corrected chi connectivity index (χ3v) is 6.75. The monoisotopic (exact) mass is 506 g/mol. The van der Waals surface area contributed by atoms with Crippen molar-refractivity contribution in [1.29, 1.82) is 0 Å². The van der Waals surface area contributed by atoms with E-state index < -0.39 is 0 Å². The van der Waals surface area contributed by atoms with E-state index >= 15 is 0 Å². The minimum absolute atomic E-state index is 0.158. The highest BCUT2D eigenvalue weighted by Gasteiger charge is 2.21. The number of benzene rings is 4. The van der Waals surface area contributed by atoms with Gasteiger partial charge in [0, 0.05) is 24.0 Å². The fourth-order valence-electron chi connectivity index (χ4n) is 4.67. The molecule has 0 radical (unpaired) electrons. The molecule has 0 unspecified atom stereocenters. The van der Waals surface area contributed by atoms with Gasteiger partial charge in [-0.15, -0.1) is 0 Å². The van der Waals surface area contributed by atoms with Crippen LogP contribution in [0.1, 0.15) is 58.8 Å². The summed E-state index contributed by atoms with van der Waals surface area (Å²) in [6.07, 6.45) is 2.09. The molecule has 194 valence electrons. The van der Waals surface area contributed by atoms with Crippen molar-refractivity contribution >= 4 is 17.3 Å². The molecule has 0 aromatic heterocycles. The number of hydrogen-bond donors (Lipinski definition) is 2. The van der Waals surface area contributed by atoms with Crippen LogP contribution >= 0.6 is 0 Å². The lowest BCUT2D eigenvalue weighted by Crippen LogP contribution is -2.16. The summed E-state index contributed by atoms with van der Waals surface area (Å²) in [6.45, 7) is 5.98. The molecule has 0 saturated heterocycles. The molecule has 2 N–H and O–H groups in total. The maximum atomic E-state index is 13.6. The Morgan fingerprint density at radius 1 is 0.842 bits per heavy atom. The fraction of sp³-hybridized carbons (Fsp3) is 0.242. The van der Waals surface area contributed by atoms with Crippen molar-refractivity contribution in [3.63, 3.8) is 0 Å².